The minimum atomic E-state index is 0.497. The van der Waals surface area contributed by atoms with Crippen LogP contribution in [0.4, 0.5) is 5.69 Å². The molecule has 5 nitrogen and oxygen atoms in total. The number of ether oxygens (including phenoxy) is 1. The third kappa shape index (κ3) is 4.59. The first-order valence-corrected chi connectivity index (χ1v) is 8.67. The van der Waals surface area contributed by atoms with Crippen molar-refractivity contribution < 1.29 is 9.26 Å². The number of nitrogens with one attached hydrogen (secondary N) is 1. The number of rotatable bonds is 8. The first-order chi connectivity index (χ1) is 12.3. The van der Waals surface area contributed by atoms with E-state index < -0.39 is 0 Å². The fraction of sp³-hybridized carbons (Fsp3) is 0.300. The van der Waals surface area contributed by atoms with Gasteiger partial charge in [-0.05, 0) is 55.3 Å². The molecule has 5 heteroatoms. The molecule has 0 aliphatic rings. The molecule has 1 N–H and O–H groups in total. The Hall–Kier alpha value is -2.82. The number of aryl methyl sites for hydroxylation is 1. The minimum Gasteiger partial charge on any atom is -0.494 e. The van der Waals surface area contributed by atoms with Crippen molar-refractivity contribution in [2.45, 2.75) is 33.2 Å². The van der Waals surface area contributed by atoms with Gasteiger partial charge in [-0.15, -0.1) is 0 Å². The van der Waals surface area contributed by atoms with Gasteiger partial charge in [0.05, 0.1) is 13.2 Å². The van der Waals surface area contributed by atoms with E-state index in [0.717, 1.165) is 29.8 Å². The van der Waals surface area contributed by atoms with Crippen molar-refractivity contribution in [3.05, 3.63) is 60.0 Å². The van der Waals surface area contributed by atoms with Crippen molar-refractivity contribution in [1.29, 1.82) is 0 Å². The molecular formula is C20H23N3O2. The summed E-state index contributed by atoms with van der Waals surface area (Å²) in [7, 11) is 0. The van der Waals surface area contributed by atoms with Gasteiger partial charge < -0.3 is 14.6 Å². The molecule has 1 heterocycles. The van der Waals surface area contributed by atoms with Crippen LogP contribution in [-0.4, -0.2) is 16.7 Å². The van der Waals surface area contributed by atoms with E-state index in [1.54, 1.807) is 0 Å². The van der Waals surface area contributed by atoms with Gasteiger partial charge in [0.15, 0.2) is 0 Å². The van der Waals surface area contributed by atoms with E-state index in [0.29, 0.717) is 24.9 Å². The van der Waals surface area contributed by atoms with Gasteiger partial charge in [-0.3, -0.25) is 0 Å². The highest BCUT2D eigenvalue weighted by atomic mass is 16.5. The number of hydrogen-bond acceptors (Lipinski definition) is 5. The normalized spacial score (nSPS) is 10.6. The summed E-state index contributed by atoms with van der Waals surface area (Å²) in [6.45, 7) is 5.29. The quantitative estimate of drug-likeness (QED) is 0.645. The summed E-state index contributed by atoms with van der Waals surface area (Å²) in [5, 5.41) is 7.35. The van der Waals surface area contributed by atoms with E-state index in [4.69, 9.17) is 9.26 Å². The fourth-order valence-corrected chi connectivity index (χ4v) is 2.57. The zero-order chi connectivity index (χ0) is 17.5. The topological polar surface area (TPSA) is 60.2 Å². The van der Waals surface area contributed by atoms with Gasteiger partial charge in [0.2, 0.25) is 11.7 Å². The highest BCUT2D eigenvalue weighted by molar-refractivity contribution is 5.55. The van der Waals surface area contributed by atoms with E-state index in [2.05, 4.69) is 46.6 Å². The van der Waals surface area contributed by atoms with E-state index in [-0.39, 0.29) is 0 Å². The minimum absolute atomic E-state index is 0.497. The Morgan fingerprint density at radius 2 is 1.76 bits per heavy atom. The summed E-state index contributed by atoms with van der Waals surface area (Å²) in [6, 6.07) is 16.1. The second-order valence-electron chi connectivity index (χ2n) is 5.77. The summed E-state index contributed by atoms with van der Waals surface area (Å²) < 4.78 is 10.8. The molecule has 130 valence electrons. The van der Waals surface area contributed by atoms with E-state index in [9.17, 15) is 0 Å². The maximum Gasteiger partial charge on any atom is 0.246 e. The summed E-state index contributed by atoms with van der Waals surface area (Å²) in [4.78, 5) is 4.44. The lowest BCUT2D eigenvalue weighted by atomic mass is 10.1. The lowest BCUT2D eigenvalue weighted by molar-refractivity contribution is 0.340. The van der Waals surface area contributed by atoms with Gasteiger partial charge in [-0.1, -0.05) is 30.6 Å². The molecule has 0 unspecified atom stereocenters. The maximum atomic E-state index is 5.44. The second kappa shape index (κ2) is 8.33. The van der Waals surface area contributed by atoms with Gasteiger partial charge in [0.1, 0.15) is 5.75 Å². The predicted octanol–water partition coefficient (Wildman–Crippen LogP) is 4.70. The van der Waals surface area contributed by atoms with E-state index >= 15 is 0 Å². The fourth-order valence-electron chi connectivity index (χ4n) is 2.57. The summed E-state index contributed by atoms with van der Waals surface area (Å²) in [5.74, 6) is 1.97. The van der Waals surface area contributed by atoms with Gasteiger partial charge >= 0.3 is 0 Å². The molecule has 1 aromatic heterocycles. The molecule has 3 aromatic rings. The van der Waals surface area contributed by atoms with Crippen molar-refractivity contribution >= 4 is 5.69 Å². The van der Waals surface area contributed by atoms with Crippen LogP contribution in [0, 0.1) is 0 Å². The summed E-state index contributed by atoms with van der Waals surface area (Å²) in [6.07, 6.45) is 2.26. The molecule has 25 heavy (non-hydrogen) atoms. The van der Waals surface area contributed by atoms with Gasteiger partial charge in [0.25, 0.3) is 0 Å². The smallest absolute Gasteiger partial charge is 0.246 e. The molecule has 0 spiro atoms. The van der Waals surface area contributed by atoms with Crippen LogP contribution >= 0.6 is 0 Å². The van der Waals surface area contributed by atoms with Gasteiger partial charge in [0, 0.05) is 11.3 Å². The lowest BCUT2D eigenvalue weighted by Gasteiger charge is -2.04. The van der Waals surface area contributed by atoms with Crippen LogP contribution in [0.3, 0.4) is 0 Å². The molecule has 0 aliphatic heterocycles. The Balaban J connectivity index is 1.59. The molecule has 0 radical (unpaired) electrons. The van der Waals surface area contributed by atoms with Crippen LogP contribution in [-0.2, 0) is 13.0 Å². The standard InChI is InChI=1S/C20H23N3O2/c1-3-5-15-6-10-17(11-7-15)21-14-19-22-20(23-25-19)16-8-12-18(13-9-16)24-4-2/h6-13,21H,3-5,14H2,1-2H3. The van der Waals surface area contributed by atoms with Crippen molar-refractivity contribution in [2.75, 3.05) is 11.9 Å². The number of nitrogens with zero attached hydrogens (tertiary/aromatic N) is 2. The largest absolute Gasteiger partial charge is 0.494 e. The van der Waals surface area contributed by atoms with Crippen LogP contribution in [0.1, 0.15) is 31.7 Å². The number of aromatic nitrogens is 2. The summed E-state index contributed by atoms with van der Waals surface area (Å²) >= 11 is 0. The molecule has 0 atom stereocenters. The first-order valence-electron chi connectivity index (χ1n) is 8.67. The number of anilines is 1. The van der Waals surface area contributed by atoms with Crippen molar-refractivity contribution in [1.82, 2.24) is 10.1 Å². The van der Waals surface area contributed by atoms with E-state index in [1.807, 2.05) is 31.2 Å². The molecule has 3 rings (SSSR count). The Labute approximate surface area is 148 Å². The van der Waals surface area contributed by atoms with Crippen molar-refractivity contribution in [3.63, 3.8) is 0 Å². The molecule has 0 aliphatic carbocycles. The summed E-state index contributed by atoms with van der Waals surface area (Å²) in [5.41, 5.74) is 3.30. The molecule has 0 fully saturated rings. The third-order valence-electron chi connectivity index (χ3n) is 3.83. The first kappa shape index (κ1) is 17.0. The average Bonchev–Trinajstić information content (AvgIpc) is 3.11. The lowest BCUT2D eigenvalue weighted by Crippen LogP contribution is -1.99. The number of hydrogen-bond donors (Lipinski definition) is 1. The second-order valence-corrected chi connectivity index (χ2v) is 5.77. The van der Waals surface area contributed by atoms with Gasteiger partial charge in [-0.25, -0.2) is 0 Å². The molecule has 0 bridgehead atoms. The Bertz CT molecular complexity index is 779. The van der Waals surface area contributed by atoms with E-state index in [1.165, 1.54) is 5.56 Å². The molecule has 2 aromatic carbocycles. The molecule has 0 saturated carbocycles. The maximum absolute atomic E-state index is 5.44. The van der Waals surface area contributed by atoms with Crippen molar-refractivity contribution in [3.8, 4) is 17.1 Å². The predicted molar refractivity (Wildman–Crippen MR) is 98.7 cm³/mol. The Morgan fingerprint density at radius 1 is 1.00 bits per heavy atom. The zero-order valence-electron chi connectivity index (χ0n) is 14.7. The van der Waals surface area contributed by atoms with Crippen LogP contribution in [0.15, 0.2) is 53.1 Å². The van der Waals surface area contributed by atoms with Gasteiger partial charge in [-0.2, -0.15) is 4.98 Å². The molecule has 0 amide bonds. The number of benzene rings is 2. The monoisotopic (exact) mass is 337 g/mol. The Morgan fingerprint density at radius 3 is 2.44 bits per heavy atom. The molecule has 0 saturated heterocycles. The molecular weight excluding hydrogens is 314 g/mol. The highest BCUT2D eigenvalue weighted by Gasteiger charge is 2.08. The SMILES string of the molecule is CCCc1ccc(NCc2nc(-c3ccc(OCC)cc3)no2)cc1. The third-order valence-corrected chi connectivity index (χ3v) is 3.83. The van der Waals surface area contributed by atoms with Crippen LogP contribution < -0.4 is 10.1 Å². The Kier molecular flexibility index (Phi) is 5.67. The average molecular weight is 337 g/mol. The van der Waals surface area contributed by atoms with Crippen molar-refractivity contribution in [2.24, 2.45) is 0 Å². The van der Waals surface area contributed by atoms with Crippen LogP contribution in [0.5, 0.6) is 5.75 Å². The van der Waals surface area contributed by atoms with Crippen LogP contribution in [0.2, 0.25) is 0 Å². The highest BCUT2D eigenvalue weighted by Crippen LogP contribution is 2.20. The van der Waals surface area contributed by atoms with Crippen LogP contribution in [0.25, 0.3) is 11.4 Å². The zero-order valence-corrected chi connectivity index (χ0v) is 14.7.